The zero-order valence-corrected chi connectivity index (χ0v) is 10.4. The molecule has 0 unspecified atom stereocenters. The molecule has 20 heavy (non-hydrogen) atoms. The summed E-state index contributed by atoms with van der Waals surface area (Å²) in [5, 5.41) is 4.29. The topological polar surface area (TPSA) is 43.8 Å². The van der Waals surface area contributed by atoms with Crippen molar-refractivity contribution in [2.45, 2.75) is 0 Å². The Hall–Kier alpha value is -2.69. The summed E-state index contributed by atoms with van der Waals surface area (Å²) in [7, 11) is 0. The molecule has 2 N–H and O–H groups in total. The van der Waals surface area contributed by atoms with Crippen LogP contribution < -0.4 is 5.73 Å². The molecule has 0 bridgehead atoms. The lowest BCUT2D eigenvalue weighted by Gasteiger charge is -2.03. The van der Waals surface area contributed by atoms with Crippen molar-refractivity contribution in [3.05, 3.63) is 66.2 Å². The Morgan fingerprint density at radius 3 is 2.30 bits per heavy atom. The molecule has 0 saturated carbocycles. The highest BCUT2D eigenvalue weighted by molar-refractivity contribution is 5.63. The van der Waals surface area contributed by atoms with Crippen molar-refractivity contribution < 1.29 is 8.78 Å². The molecule has 2 aromatic carbocycles. The van der Waals surface area contributed by atoms with Crippen LogP contribution in [0.1, 0.15) is 0 Å². The molecule has 0 aliphatic carbocycles. The monoisotopic (exact) mass is 271 g/mol. The Kier molecular flexibility index (Phi) is 2.95. The highest BCUT2D eigenvalue weighted by Gasteiger charge is 2.09. The average molecular weight is 271 g/mol. The molecule has 3 aromatic rings. The summed E-state index contributed by atoms with van der Waals surface area (Å²) >= 11 is 0. The van der Waals surface area contributed by atoms with Crippen LogP contribution in [0.2, 0.25) is 0 Å². The third-order valence-corrected chi connectivity index (χ3v) is 2.91. The molecule has 0 radical (unpaired) electrons. The van der Waals surface area contributed by atoms with Crippen molar-refractivity contribution in [1.82, 2.24) is 9.78 Å². The van der Waals surface area contributed by atoms with Gasteiger partial charge in [0.1, 0.15) is 17.5 Å². The van der Waals surface area contributed by atoms with Crippen LogP contribution in [0.25, 0.3) is 16.9 Å². The zero-order chi connectivity index (χ0) is 14.1. The second kappa shape index (κ2) is 4.77. The molecular formula is C15H11F2N3. The molecule has 0 spiro atoms. The summed E-state index contributed by atoms with van der Waals surface area (Å²) in [5.41, 5.74) is 7.55. The van der Waals surface area contributed by atoms with Gasteiger partial charge in [0, 0.05) is 11.6 Å². The van der Waals surface area contributed by atoms with Crippen molar-refractivity contribution in [3.8, 4) is 16.9 Å². The van der Waals surface area contributed by atoms with Gasteiger partial charge < -0.3 is 5.73 Å². The number of nitrogens with zero attached hydrogens (tertiary/aromatic N) is 2. The lowest BCUT2D eigenvalue weighted by atomic mass is 10.1. The summed E-state index contributed by atoms with van der Waals surface area (Å²) in [6.45, 7) is 0. The molecular weight excluding hydrogens is 260 g/mol. The first-order valence-corrected chi connectivity index (χ1v) is 6.01. The van der Waals surface area contributed by atoms with Gasteiger partial charge in [0.05, 0.1) is 11.4 Å². The fraction of sp³-hybridized carbons (Fsp3) is 0. The molecule has 3 rings (SSSR count). The Morgan fingerprint density at radius 1 is 0.900 bits per heavy atom. The summed E-state index contributed by atoms with van der Waals surface area (Å²) in [4.78, 5) is 0. The number of rotatable bonds is 2. The van der Waals surface area contributed by atoms with Crippen molar-refractivity contribution in [3.63, 3.8) is 0 Å². The molecule has 0 atom stereocenters. The summed E-state index contributed by atoms with van der Waals surface area (Å²) in [6, 6.07) is 13.6. The summed E-state index contributed by atoms with van der Waals surface area (Å²) in [6.07, 6.45) is 0. The molecule has 0 fully saturated rings. The summed E-state index contributed by atoms with van der Waals surface area (Å²) in [5.74, 6) is -0.360. The van der Waals surface area contributed by atoms with E-state index in [0.717, 1.165) is 0 Å². The molecule has 5 heteroatoms. The number of halogens is 2. The first kappa shape index (κ1) is 12.3. The predicted molar refractivity (Wildman–Crippen MR) is 73.3 cm³/mol. The van der Waals surface area contributed by atoms with Crippen LogP contribution in [-0.2, 0) is 0 Å². The number of hydrogen-bond donors (Lipinski definition) is 1. The minimum atomic E-state index is -0.371. The van der Waals surface area contributed by atoms with E-state index >= 15 is 0 Å². The normalized spacial score (nSPS) is 10.7. The van der Waals surface area contributed by atoms with E-state index < -0.39 is 0 Å². The molecule has 1 heterocycles. The minimum absolute atomic E-state index is 0.346. The Balaban J connectivity index is 2.08. The van der Waals surface area contributed by atoms with Crippen molar-refractivity contribution in [2.75, 3.05) is 5.73 Å². The molecule has 3 nitrogen and oxygen atoms in total. The van der Waals surface area contributed by atoms with Crippen LogP contribution in [0, 0.1) is 11.6 Å². The second-order valence-electron chi connectivity index (χ2n) is 4.36. The van der Waals surface area contributed by atoms with Gasteiger partial charge >= 0.3 is 0 Å². The largest absolute Gasteiger partial charge is 0.384 e. The van der Waals surface area contributed by atoms with Gasteiger partial charge in [-0.25, -0.2) is 13.5 Å². The molecule has 1 aromatic heterocycles. The highest BCUT2D eigenvalue weighted by Crippen LogP contribution is 2.23. The van der Waals surface area contributed by atoms with Gasteiger partial charge in [-0.05, 0) is 30.3 Å². The predicted octanol–water partition coefficient (Wildman–Crippen LogP) is 3.40. The third kappa shape index (κ3) is 2.25. The van der Waals surface area contributed by atoms with Crippen LogP contribution >= 0.6 is 0 Å². The molecule has 0 aliphatic heterocycles. The summed E-state index contributed by atoms with van der Waals surface area (Å²) < 4.78 is 27.9. The molecule has 0 aliphatic rings. The number of nitrogen functional groups attached to an aromatic ring is 1. The zero-order valence-electron chi connectivity index (χ0n) is 10.4. The number of hydrogen-bond acceptors (Lipinski definition) is 2. The maximum atomic E-state index is 13.2. The maximum absolute atomic E-state index is 13.2. The van der Waals surface area contributed by atoms with E-state index in [2.05, 4.69) is 5.10 Å². The van der Waals surface area contributed by atoms with Gasteiger partial charge in [-0.15, -0.1) is 0 Å². The van der Waals surface area contributed by atoms with E-state index in [1.165, 1.54) is 28.9 Å². The van der Waals surface area contributed by atoms with E-state index in [0.29, 0.717) is 22.8 Å². The smallest absolute Gasteiger partial charge is 0.127 e. The molecule has 100 valence electrons. The van der Waals surface area contributed by atoms with Crippen molar-refractivity contribution in [1.29, 1.82) is 0 Å². The van der Waals surface area contributed by atoms with Gasteiger partial charge in [0.2, 0.25) is 0 Å². The van der Waals surface area contributed by atoms with Gasteiger partial charge in [0.25, 0.3) is 0 Å². The van der Waals surface area contributed by atoms with Gasteiger partial charge in [0.15, 0.2) is 0 Å². The van der Waals surface area contributed by atoms with E-state index in [1.807, 2.05) is 0 Å². The Labute approximate surface area is 114 Å². The number of aromatic nitrogens is 2. The minimum Gasteiger partial charge on any atom is -0.384 e. The quantitative estimate of drug-likeness (QED) is 0.776. The van der Waals surface area contributed by atoms with Gasteiger partial charge in [-0.2, -0.15) is 5.10 Å². The van der Waals surface area contributed by atoms with Gasteiger partial charge in [-0.1, -0.05) is 18.2 Å². The fourth-order valence-electron chi connectivity index (χ4n) is 2.00. The molecule has 0 saturated heterocycles. The van der Waals surface area contributed by atoms with Gasteiger partial charge in [-0.3, -0.25) is 0 Å². The van der Waals surface area contributed by atoms with E-state index in [1.54, 1.807) is 30.3 Å². The Bertz CT molecular complexity index is 765. The molecule has 0 amide bonds. The lowest BCUT2D eigenvalue weighted by Crippen LogP contribution is -2.01. The van der Waals surface area contributed by atoms with Crippen LogP contribution in [0.4, 0.5) is 14.6 Å². The second-order valence-corrected chi connectivity index (χ2v) is 4.36. The first-order valence-electron chi connectivity index (χ1n) is 6.01. The van der Waals surface area contributed by atoms with Crippen LogP contribution in [0.5, 0.6) is 0 Å². The number of anilines is 1. The van der Waals surface area contributed by atoms with E-state index in [9.17, 15) is 8.78 Å². The van der Waals surface area contributed by atoms with Crippen LogP contribution in [-0.4, -0.2) is 9.78 Å². The van der Waals surface area contributed by atoms with Crippen LogP contribution in [0.3, 0.4) is 0 Å². The third-order valence-electron chi connectivity index (χ3n) is 2.91. The first-order chi connectivity index (χ1) is 9.63. The van der Waals surface area contributed by atoms with Crippen molar-refractivity contribution >= 4 is 5.82 Å². The Morgan fingerprint density at radius 2 is 1.60 bits per heavy atom. The standard InChI is InChI=1S/C15H11F2N3/c16-11-4-1-3-10(7-11)14-9-15(18)20(19-14)13-6-2-5-12(17)8-13/h1-9H,18H2. The van der Waals surface area contributed by atoms with Crippen LogP contribution in [0.15, 0.2) is 54.6 Å². The average Bonchev–Trinajstić information content (AvgIpc) is 2.81. The number of benzene rings is 2. The highest BCUT2D eigenvalue weighted by atomic mass is 19.1. The lowest BCUT2D eigenvalue weighted by molar-refractivity contribution is 0.625. The number of nitrogens with two attached hydrogens (primary N) is 1. The maximum Gasteiger partial charge on any atom is 0.127 e. The SMILES string of the molecule is Nc1cc(-c2cccc(F)c2)nn1-c1cccc(F)c1. The van der Waals surface area contributed by atoms with E-state index in [-0.39, 0.29) is 11.6 Å². The van der Waals surface area contributed by atoms with E-state index in [4.69, 9.17) is 5.73 Å². The fourth-order valence-corrected chi connectivity index (χ4v) is 2.00. The van der Waals surface area contributed by atoms with Crippen molar-refractivity contribution in [2.24, 2.45) is 0 Å².